The molecular formula is C31H48O10. The highest BCUT2D eigenvalue weighted by atomic mass is 16.6. The van der Waals surface area contributed by atoms with Gasteiger partial charge in [-0.15, -0.1) is 0 Å². The predicted molar refractivity (Wildman–Crippen MR) is 146 cm³/mol. The van der Waals surface area contributed by atoms with Gasteiger partial charge in [0.15, 0.2) is 0 Å². The van der Waals surface area contributed by atoms with Crippen molar-refractivity contribution < 1.29 is 47.6 Å². The normalized spacial score (nSPS) is 30.4. The first kappa shape index (κ1) is 31.7. The van der Waals surface area contributed by atoms with E-state index >= 15 is 0 Å². The van der Waals surface area contributed by atoms with Crippen molar-refractivity contribution in [3.05, 3.63) is 0 Å². The number of rotatable bonds is 16. The number of esters is 4. The summed E-state index contributed by atoms with van der Waals surface area (Å²) in [5.74, 6) is -3.55. The number of carbonyl (C=O) groups excluding carboxylic acids is 4. The first-order chi connectivity index (χ1) is 19.9. The van der Waals surface area contributed by atoms with Gasteiger partial charge in [-0.05, 0) is 38.5 Å². The summed E-state index contributed by atoms with van der Waals surface area (Å²) in [6.45, 7) is 5.99. The van der Waals surface area contributed by atoms with Crippen molar-refractivity contribution >= 4 is 23.9 Å². The van der Waals surface area contributed by atoms with Gasteiger partial charge in [0.2, 0.25) is 0 Å². The third-order valence-electron chi connectivity index (χ3n) is 9.22. The van der Waals surface area contributed by atoms with Crippen LogP contribution in [0.2, 0.25) is 0 Å². The van der Waals surface area contributed by atoms with Crippen molar-refractivity contribution in [2.75, 3.05) is 39.6 Å². The summed E-state index contributed by atoms with van der Waals surface area (Å²) in [5.41, 5.74) is -0.538. The summed E-state index contributed by atoms with van der Waals surface area (Å²) in [4.78, 5) is 52.1. The predicted octanol–water partition coefficient (Wildman–Crippen LogP) is 4.16. The van der Waals surface area contributed by atoms with E-state index in [0.29, 0.717) is 45.3 Å². The van der Waals surface area contributed by atoms with Crippen molar-refractivity contribution in [1.29, 1.82) is 0 Å². The topological polar surface area (TPSA) is 130 Å². The maximum absolute atomic E-state index is 13.3. The van der Waals surface area contributed by atoms with E-state index in [9.17, 15) is 19.2 Å². The molecule has 2 saturated carbocycles. The molecule has 6 atom stereocenters. The Labute approximate surface area is 243 Å². The Bertz CT molecular complexity index is 831. The number of unbranched alkanes of at least 4 members (excludes halogenated alkanes) is 1. The fourth-order valence-electron chi connectivity index (χ4n) is 6.06. The fourth-order valence-corrected chi connectivity index (χ4v) is 6.06. The highest BCUT2D eigenvalue weighted by Gasteiger charge is 2.42. The number of hydrogen-bond acceptors (Lipinski definition) is 10. The molecule has 4 rings (SSSR count). The molecule has 2 heterocycles. The minimum absolute atomic E-state index is 0.0220. The van der Waals surface area contributed by atoms with Crippen LogP contribution in [0.15, 0.2) is 0 Å². The summed E-state index contributed by atoms with van der Waals surface area (Å²) in [6, 6.07) is 0. The van der Waals surface area contributed by atoms with Crippen molar-refractivity contribution in [3.8, 4) is 0 Å². The Balaban J connectivity index is 1.33. The zero-order valence-electron chi connectivity index (χ0n) is 24.8. The van der Waals surface area contributed by atoms with Gasteiger partial charge in [0.05, 0.1) is 36.9 Å². The van der Waals surface area contributed by atoms with Crippen LogP contribution in [-0.4, -0.2) is 75.7 Å². The molecule has 0 radical (unpaired) electrons. The third kappa shape index (κ3) is 9.40. The van der Waals surface area contributed by atoms with Crippen molar-refractivity contribution in [3.63, 3.8) is 0 Å². The van der Waals surface area contributed by atoms with Gasteiger partial charge in [0.1, 0.15) is 38.6 Å². The molecule has 6 unspecified atom stereocenters. The average Bonchev–Trinajstić information content (AvgIpc) is 3.94. The molecule has 232 valence electrons. The lowest BCUT2D eigenvalue weighted by Gasteiger charge is -2.35. The molecule has 2 aliphatic heterocycles. The Hall–Kier alpha value is -2.20. The first-order valence-corrected chi connectivity index (χ1v) is 15.8. The standard InChI is InChI=1S/C31H48O10/c1-3-5-14-31(4-2,19-40-29(34)25-12-8-6-10-23(25)27(32)38-17-21-15-36-21)20-41-30(35)26-13-9-7-11-24(26)28(33)39-18-22-16-37-22/h21-26H,3-20H2,1-2H3. The van der Waals surface area contributed by atoms with Crippen LogP contribution in [0.1, 0.15) is 90.9 Å². The van der Waals surface area contributed by atoms with E-state index in [2.05, 4.69) is 6.92 Å². The summed E-state index contributed by atoms with van der Waals surface area (Å²) in [6.07, 6.45) is 9.05. The molecule has 10 heteroatoms. The van der Waals surface area contributed by atoms with Crippen molar-refractivity contribution in [2.45, 2.75) is 103 Å². The molecule has 0 amide bonds. The van der Waals surface area contributed by atoms with E-state index in [0.717, 1.165) is 44.9 Å². The quantitative estimate of drug-likeness (QED) is 0.149. The maximum atomic E-state index is 13.3. The monoisotopic (exact) mass is 580 g/mol. The van der Waals surface area contributed by atoms with E-state index in [1.807, 2.05) is 6.92 Å². The van der Waals surface area contributed by atoms with Gasteiger partial charge in [-0.1, -0.05) is 52.4 Å². The zero-order valence-corrected chi connectivity index (χ0v) is 24.8. The second-order valence-electron chi connectivity index (χ2n) is 12.3. The molecule has 2 saturated heterocycles. The molecule has 0 aromatic rings. The lowest BCUT2D eigenvalue weighted by molar-refractivity contribution is -0.170. The van der Waals surface area contributed by atoms with E-state index in [1.165, 1.54) is 0 Å². The van der Waals surface area contributed by atoms with Gasteiger partial charge in [-0.3, -0.25) is 19.2 Å². The Morgan fingerprint density at radius 3 is 1.32 bits per heavy atom. The Morgan fingerprint density at radius 2 is 1.00 bits per heavy atom. The largest absolute Gasteiger partial charge is 0.465 e. The molecule has 0 aromatic heterocycles. The molecule has 0 spiro atoms. The molecule has 2 aliphatic carbocycles. The van der Waals surface area contributed by atoms with Crippen molar-refractivity contribution in [1.82, 2.24) is 0 Å². The van der Waals surface area contributed by atoms with Crippen LogP contribution in [-0.2, 0) is 47.6 Å². The number of carbonyl (C=O) groups is 4. The highest BCUT2D eigenvalue weighted by molar-refractivity contribution is 5.83. The number of epoxide rings is 2. The minimum Gasteiger partial charge on any atom is -0.465 e. The summed E-state index contributed by atoms with van der Waals surface area (Å²) < 4.78 is 32.9. The van der Waals surface area contributed by atoms with Crippen LogP contribution in [0.25, 0.3) is 0 Å². The molecule has 4 fully saturated rings. The second-order valence-corrected chi connectivity index (χ2v) is 12.3. The lowest BCUT2D eigenvalue weighted by Crippen LogP contribution is -2.40. The van der Waals surface area contributed by atoms with Crippen LogP contribution in [0.4, 0.5) is 0 Å². The minimum atomic E-state index is -0.538. The van der Waals surface area contributed by atoms with Crippen LogP contribution < -0.4 is 0 Å². The van der Waals surface area contributed by atoms with Crippen LogP contribution in [0.3, 0.4) is 0 Å². The zero-order chi connectivity index (χ0) is 29.2. The summed E-state index contributed by atoms with van der Waals surface area (Å²) >= 11 is 0. The van der Waals surface area contributed by atoms with Gasteiger partial charge >= 0.3 is 23.9 Å². The van der Waals surface area contributed by atoms with Crippen LogP contribution in [0, 0.1) is 29.1 Å². The third-order valence-corrected chi connectivity index (χ3v) is 9.22. The van der Waals surface area contributed by atoms with Crippen LogP contribution in [0.5, 0.6) is 0 Å². The SMILES string of the molecule is CCCCC(CC)(COC(=O)C1CCCCC1C(=O)OCC1CO1)COC(=O)C1CCCCC1C(=O)OCC1CO1. The highest BCUT2D eigenvalue weighted by Crippen LogP contribution is 2.36. The average molecular weight is 581 g/mol. The Morgan fingerprint density at radius 1 is 0.634 bits per heavy atom. The smallest absolute Gasteiger partial charge is 0.309 e. The molecular weight excluding hydrogens is 532 g/mol. The summed E-state index contributed by atoms with van der Waals surface area (Å²) in [7, 11) is 0. The molecule has 0 bridgehead atoms. The van der Waals surface area contributed by atoms with E-state index in [4.69, 9.17) is 28.4 Å². The van der Waals surface area contributed by atoms with Crippen molar-refractivity contribution in [2.24, 2.45) is 29.1 Å². The molecule has 0 aromatic carbocycles. The van der Waals surface area contributed by atoms with E-state index in [1.54, 1.807) is 0 Å². The maximum Gasteiger partial charge on any atom is 0.309 e. The van der Waals surface area contributed by atoms with Gasteiger partial charge < -0.3 is 28.4 Å². The second kappa shape index (κ2) is 15.3. The molecule has 4 aliphatic rings. The van der Waals surface area contributed by atoms with Gasteiger partial charge in [-0.2, -0.15) is 0 Å². The van der Waals surface area contributed by atoms with Gasteiger partial charge in [-0.25, -0.2) is 0 Å². The van der Waals surface area contributed by atoms with Crippen LogP contribution >= 0.6 is 0 Å². The number of ether oxygens (including phenoxy) is 6. The van der Waals surface area contributed by atoms with E-state index in [-0.39, 0.29) is 62.5 Å². The lowest BCUT2D eigenvalue weighted by atomic mass is 9.78. The first-order valence-electron chi connectivity index (χ1n) is 15.8. The van der Waals surface area contributed by atoms with Gasteiger partial charge in [0, 0.05) is 5.41 Å². The fraction of sp³-hybridized carbons (Fsp3) is 0.871. The van der Waals surface area contributed by atoms with E-state index < -0.39 is 29.1 Å². The Kier molecular flexibility index (Phi) is 11.9. The molecule has 0 N–H and O–H groups in total. The number of hydrogen-bond donors (Lipinski definition) is 0. The van der Waals surface area contributed by atoms with Gasteiger partial charge in [0.25, 0.3) is 0 Å². The molecule has 10 nitrogen and oxygen atoms in total. The summed E-state index contributed by atoms with van der Waals surface area (Å²) in [5, 5.41) is 0. The molecule has 41 heavy (non-hydrogen) atoms.